The fourth-order valence-electron chi connectivity index (χ4n) is 1.79. The van der Waals surface area contributed by atoms with Crippen LogP contribution in [-0.2, 0) is 4.74 Å². The van der Waals surface area contributed by atoms with Gasteiger partial charge in [-0.25, -0.2) is 0 Å². The van der Waals surface area contributed by atoms with Crippen LogP contribution in [0.1, 0.15) is 18.6 Å². The first kappa shape index (κ1) is 11.1. The maximum absolute atomic E-state index is 8.71. The molecule has 0 spiro atoms. The quantitative estimate of drug-likeness (QED) is 0.851. The van der Waals surface area contributed by atoms with Crippen molar-refractivity contribution in [2.45, 2.75) is 13.0 Å². The van der Waals surface area contributed by atoms with Gasteiger partial charge in [0.2, 0.25) is 0 Å². The number of ether oxygens (including phenoxy) is 1. The zero-order valence-corrected chi connectivity index (χ0v) is 9.39. The molecular weight excluding hydrogens is 200 g/mol. The molecule has 0 amide bonds. The van der Waals surface area contributed by atoms with Gasteiger partial charge in [0.1, 0.15) is 0 Å². The Morgan fingerprint density at radius 3 is 2.62 bits per heavy atom. The number of benzene rings is 2. The first-order valence-corrected chi connectivity index (χ1v) is 5.52. The van der Waals surface area contributed by atoms with E-state index in [1.807, 2.05) is 19.1 Å². The summed E-state index contributed by atoms with van der Waals surface area (Å²) in [6, 6.07) is 14.6. The summed E-state index contributed by atoms with van der Waals surface area (Å²) < 4.78 is 5.48. The first-order chi connectivity index (χ1) is 7.81. The Kier molecular flexibility index (Phi) is 3.54. The summed E-state index contributed by atoms with van der Waals surface area (Å²) in [5.74, 6) is 0. The topological polar surface area (TPSA) is 29.5 Å². The number of rotatable bonds is 4. The van der Waals surface area contributed by atoms with E-state index in [2.05, 4.69) is 30.3 Å². The highest BCUT2D eigenvalue weighted by molar-refractivity contribution is 5.83. The molecule has 1 atom stereocenters. The molecule has 2 aromatic rings. The highest BCUT2D eigenvalue weighted by Gasteiger charge is 2.05. The van der Waals surface area contributed by atoms with Crippen molar-refractivity contribution in [3.8, 4) is 0 Å². The third-order valence-electron chi connectivity index (χ3n) is 2.70. The fraction of sp³-hybridized carbons (Fsp3) is 0.286. The predicted molar refractivity (Wildman–Crippen MR) is 65.4 cm³/mol. The minimum absolute atomic E-state index is 0.0248. The van der Waals surface area contributed by atoms with Gasteiger partial charge in [-0.2, -0.15) is 0 Å². The number of hydrogen-bond donors (Lipinski definition) is 1. The van der Waals surface area contributed by atoms with Crippen LogP contribution in [0.25, 0.3) is 10.8 Å². The van der Waals surface area contributed by atoms with Crippen molar-refractivity contribution in [2.24, 2.45) is 0 Å². The van der Waals surface area contributed by atoms with Crippen LogP contribution in [0.15, 0.2) is 42.5 Å². The highest BCUT2D eigenvalue weighted by Crippen LogP contribution is 2.22. The predicted octanol–water partition coefficient (Wildman–Crippen LogP) is 2.91. The van der Waals surface area contributed by atoms with Crippen molar-refractivity contribution in [1.82, 2.24) is 0 Å². The molecule has 0 heterocycles. The van der Waals surface area contributed by atoms with E-state index in [4.69, 9.17) is 9.84 Å². The van der Waals surface area contributed by atoms with E-state index in [-0.39, 0.29) is 12.7 Å². The zero-order chi connectivity index (χ0) is 11.4. The van der Waals surface area contributed by atoms with E-state index in [0.29, 0.717) is 6.61 Å². The number of hydrogen-bond acceptors (Lipinski definition) is 2. The third-order valence-corrected chi connectivity index (χ3v) is 2.70. The molecule has 16 heavy (non-hydrogen) atoms. The van der Waals surface area contributed by atoms with Crippen molar-refractivity contribution >= 4 is 10.8 Å². The highest BCUT2D eigenvalue weighted by atomic mass is 16.5. The van der Waals surface area contributed by atoms with E-state index < -0.39 is 0 Å². The van der Waals surface area contributed by atoms with Gasteiger partial charge in [0.25, 0.3) is 0 Å². The molecule has 0 aliphatic carbocycles. The molecule has 1 unspecified atom stereocenters. The van der Waals surface area contributed by atoms with Crippen molar-refractivity contribution in [2.75, 3.05) is 13.2 Å². The minimum Gasteiger partial charge on any atom is -0.394 e. The van der Waals surface area contributed by atoms with Gasteiger partial charge in [0.05, 0.1) is 19.3 Å². The van der Waals surface area contributed by atoms with Gasteiger partial charge in [0.15, 0.2) is 0 Å². The Morgan fingerprint density at radius 1 is 1.12 bits per heavy atom. The van der Waals surface area contributed by atoms with E-state index in [1.54, 1.807) is 0 Å². The Labute approximate surface area is 95.5 Å². The Bertz CT molecular complexity index is 465. The molecule has 0 aliphatic heterocycles. The van der Waals surface area contributed by atoms with Gasteiger partial charge < -0.3 is 9.84 Å². The zero-order valence-electron chi connectivity index (χ0n) is 9.39. The van der Waals surface area contributed by atoms with Gasteiger partial charge in [-0.05, 0) is 29.3 Å². The summed E-state index contributed by atoms with van der Waals surface area (Å²) in [7, 11) is 0. The largest absolute Gasteiger partial charge is 0.394 e. The average Bonchev–Trinajstić information content (AvgIpc) is 2.35. The van der Waals surface area contributed by atoms with E-state index in [0.717, 1.165) is 5.56 Å². The summed E-state index contributed by atoms with van der Waals surface area (Å²) in [5.41, 5.74) is 1.15. The van der Waals surface area contributed by atoms with Crippen LogP contribution in [0.3, 0.4) is 0 Å². The summed E-state index contributed by atoms with van der Waals surface area (Å²) in [6.45, 7) is 2.45. The van der Waals surface area contributed by atoms with Crippen LogP contribution in [0.5, 0.6) is 0 Å². The van der Waals surface area contributed by atoms with Gasteiger partial charge in [0, 0.05) is 0 Å². The van der Waals surface area contributed by atoms with Crippen LogP contribution >= 0.6 is 0 Å². The molecule has 0 aliphatic rings. The minimum atomic E-state index is 0.0248. The molecule has 1 N–H and O–H groups in total. The van der Waals surface area contributed by atoms with Gasteiger partial charge in [-0.1, -0.05) is 36.4 Å². The molecule has 2 nitrogen and oxygen atoms in total. The lowest BCUT2D eigenvalue weighted by atomic mass is 10.0. The van der Waals surface area contributed by atoms with Gasteiger partial charge in [-0.15, -0.1) is 0 Å². The molecule has 0 radical (unpaired) electrons. The monoisotopic (exact) mass is 216 g/mol. The summed E-state index contributed by atoms with van der Waals surface area (Å²) >= 11 is 0. The van der Waals surface area contributed by atoms with Crippen LogP contribution in [-0.4, -0.2) is 18.3 Å². The Hall–Kier alpha value is -1.38. The average molecular weight is 216 g/mol. The Morgan fingerprint density at radius 2 is 1.88 bits per heavy atom. The molecule has 2 aromatic carbocycles. The Balaban J connectivity index is 2.25. The van der Waals surface area contributed by atoms with Gasteiger partial charge in [-0.3, -0.25) is 0 Å². The van der Waals surface area contributed by atoms with E-state index in [9.17, 15) is 0 Å². The lowest BCUT2D eigenvalue weighted by Gasteiger charge is -2.13. The van der Waals surface area contributed by atoms with Crippen LogP contribution in [0.4, 0.5) is 0 Å². The van der Waals surface area contributed by atoms with Crippen molar-refractivity contribution in [1.29, 1.82) is 0 Å². The molecule has 0 fully saturated rings. The van der Waals surface area contributed by atoms with E-state index >= 15 is 0 Å². The maximum atomic E-state index is 8.71. The number of aliphatic hydroxyl groups is 1. The van der Waals surface area contributed by atoms with Crippen LogP contribution in [0, 0.1) is 0 Å². The molecule has 0 bridgehead atoms. The fourth-order valence-corrected chi connectivity index (χ4v) is 1.79. The lowest BCUT2D eigenvalue weighted by Crippen LogP contribution is -2.04. The summed E-state index contributed by atoms with van der Waals surface area (Å²) in [5, 5.41) is 11.2. The lowest BCUT2D eigenvalue weighted by molar-refractivity contribution is 0.0386. The standard InChI is InChI=1S/C14H16O2/c1-11(16-9-8-15)13-7-6-12-4-2-3-5-14(12)10-13/h2-7,10-11,15H,8-9H2,1H3. The smallest absolute Gasteiger partial charge is 0.0798 e. The SMILES string of the molecule is CC(OCCO)c1ccc2ccccc2c1. The van der Waals surface area contributed by atoms with Crippen LogP contribution in [0.2, 0.25) is 0 Å². The second kappa shape index (κ2) is 5.10. The normalized spacial score (nSPS) is 12.9. The van der Waals surface area contributed by atoms with Crippen molar-refractivity contribution < 1.29 is 9.84 Å². The third kappa shape index (κ3) is 2.40. The maximum Gasteiger partial charge on any atom is 0.0798 e. The number of fused-ring (bicyclic) bond motifs is 1. The van der Waals surface area contributed by atoms with Crippen molar-refractivity contribution in [3.63, 3.8) is 0 Å². The first-order valence-electron chi connectivity index (χ1n) is 5.52. The van der Waals surface area contributed by atoms with E-state index in [1.165, 1.54) is 10.8 Å². The molecule has 2 rings (SSSR count). The van der Waals surface area contributed by atoms with Gasteiger partial charge >= 0.3 is 0 Å². The molecule has 0 saturated heterocycles. The molecule has 0 saturated carbocycles. The molecule has 2 heteroatoms. The molecule has 0 aromatic heterocycles. The summed E-state index contributed by atoms with van der Waals surface area (Å²) in [4.78, 5) is 0. The second-order valence-electron chi connectivity index (χ2n) is 3.84. The van der Waals surface area contributed by atoms with Crippen molar-refractivity contribution in [3.05, 3.63) is 48.0 Å². The second-order valence-corrected chi connectivity index (χ2v) is 3.84. The molecular formula is C14H16O2. The number of aliphatic hydroxyl groups excluding tert-OH is 1. The van der Waals surface area contributed by atoms with Crippen LogP contribution < -0.4 is 0 Å². The molecule has 84 valence electrons. The summed E-state index contributed by atoms with van der Waals surface area (Å²) in [6.07, 6.45) is 0.0248.